The summed E-state index contributed by atoms with van der Waals surface area (Å²) >= 11 is 6.16. The quantitative estimate of drug-likeness (QED) is 0.811. The number of amides is 1. The minimum Gasteiger partial charge on any atom is -0.497 e. The maximum Gasteiger partial charge on any atom is 0.244 e. The van der Waals surface area contributed by atoms with Gasteiger partial charge in [-0.1, -0.05) is 30.7 Å². The second kappa shape index (κ2) is 8.02. The van der Waals surface area contributed by atoms with Crippen LogP contribution in [0.25, 0.3) is 6.08 Å². The van der Waals surface area contributed by atoms with E-state index in [1.165, 1.54) is 6.08 Å². The Balaban J connectivity index is 2.07. The largest absolute Gasteiger partial charge is 0.497 e. The van der Waals surface area contributed by atoms with Crippen LogP contribution in [-0.4, -0.2) is 22.8 Å². The number of hydrogen-bond acceptors (Lipinski definition) is 3. The summed E-state index contributed by atoms with van der Waals surface area (Å²) in [6.07, 6.45) is 3.97. The number of carbonyl (C=O) groups excluding carboxylic acids is 1. The molecule has 1 aromatic heterocycles. The van der Waals surface area contributed by atoms with Gasteiger partial charge in [-0.15, -0.1) is 0 Å². The molecule has 2 aromatic rings. The Hall–Kier alpha value is -2.27. The molecule has 1 amide bonds. The van der Waals surface area contributed by atoms with E-state index in [-0.39, 0.29) is 11.9 Å². The van der Waals surface area contributed by atoms with Crippen molar-refractivity contribution >= 4 is 23.6 Å². The van der Waals surface area contributed by atoms with Crippen molar-refractivity contribution in [3.63, 3.8) is 0 Å². The van der Waals surface area contributed by atoms with Crippen LogP contribution in [0.2, 0.25) is 5.15 Å². The Morgan fingerprint density at radius 1 is 1.42 bits per heavy atom. The molecule has 5 nitrogen and oxygen atoms in total. The Morgan fingerprint density at radius 3 is 2.58 bits per heavy atom. The third kappa shape index (κ3) is 4.17. The third-order valence-corrected chi connectivity index (χ3v) is 4.29. The van der Waals surface area contributed by atoms with Crippen molar-refractivity contribution in [1.29, 1.82) is 0 Å². The molecule has 0 fully saturated rings. The number of halogens is 1. The minimum atomic E-state index is -0.169. The molecule has 1 atom stereocenters. The highest BCUT2D eigenvalue weighted by Gasteiger charge is 2.12. The number of nitrogens with zero attached hydrogens (tertiary/aromatic N) is 2. The summed E-state index contributed by atoms with van der Waals surface area (Å²) in [5.74, 6) is 0.624. The van der Waals surface area contributed by atoms with Gasteiger partial charge in [-0.2, -0.15) is 5.10 Å². The van der Waals surface area contributed by atoms with E-state index in [0.717, 1.165) is 29.0 Å². The van der Waals surface area contributed by atoms with E-state index >= 15 is 0 Å². The van der Waals surface area contributed by atoms with E-state index in [1.807, 2.05) is 38.1 Å². The second-order valence-corrected chi connectivity index (χ2v) is 5.85. The first-order valence-electron chi connectivity index (χ1n) is 7.77. The van der Waals surface area contributed by atoms with Crippen LogP contribution >= 0.6 is 11.6 Å². The van der Waals surface area contributed by atoms with Crippen molar-refractivity contribution in [1.82, 2.24) is 15.1 Å². The first-order valence-corrected chi connectivity index (χ1v) is 8.15. The molecule has 128 valence electrons. The van der Waals surface area contributed by atoms with Crippen LogP contribution in [0.5, 0.6) is 5.75 Å². The van der Waals surface area contributed by atoms with Crippen molar-refractivity contribution in [3.05, 3.63) is 52.3 Å². The maximum absolute atomic E-state index is 12.2. The van der Waals surface area contributed by atoms with Gasteiger partial charge in [0.1, 0.15) is 10.9 Å². The molecule has 6 heteroatoms. The van der Waals surface area contributed by atoms with Crippen LogP contribution in [-0.2, 0) is 11.8 Å². The van der Waals surface area contributed by atoms with E-state index in [0.29, 0.717) is 5.15 Å². The standard InChI is InChI=1S/C18H22ClN3O2/c1-5-16(13-6-8-14(24-4)9-7-13)20-17(23)11-10-15-12(2)21-22(3)18(15)19/h6-11,16H,5H2,1-4H3,(H,20,23)/b11-10+. The zero-order valence-electron chi connectivity index (χ0n) is 14.3. The van der Waals surface area contributed by atoms with E-state index in [1.54, 1.807) is 24.9 Å². The summed E-state index contributed by atoms with van der Waals surface area (Å²) in [5.41, 5.74) is 2.58. The molecule has 0 bridgehead atoms. The molecule has 1 heterocycles. The van der Waals surface area contributed by atoms with Gasteiger partial charge < -0.3 is 10.1 Å². The average Bonchev–Trinajstić information content (AvgIpc) is 2.83. The van der Waals surface area contributed by atoms with E-state index in [9.17, 15) is 4.79 Å². The molecule has 0 radical (unpaired) electrons. The molecule has 1 aromatic carbocycles. The molecule has 0 saturated carbocycles. The molecule has 2 rings (SSSR count). The van der Waals surface area contributed by atoms with Crippen LogP contribution < -0.4 is 10.1 Å². The van der Waals surface area contributed by atoms with Crippen molar-refractivity contribution in [2.24, 2.45) is 7.05 Å². The minimum absolute atomic E-state index is 0.0569. The Kier molecular flexibility index (Phi) is 6.04. The fourth-order valence-electron chi connectivity index (χ4n) is 2.47. The summed E-state index contributed by atoms with van der Waals surface area (Å²) in [7, 11) is 3.40. The van der Waals surface area contributed by atoms with E-state index in [2.05, 4.69) is 10.4 Å². The smallest absolute Gasteiger partial charge is 0.244 e. The Morgan fingerprint density at radius 2 is 2.08 bits per heavy atom. The molecule has 1 N–H and O–H groups in total. The lowest BCUT2D eigenvalue weighted by atomic mass is 10.0. The van der Waals surface area contributed by atoms with Gasteiger partial charge in [0.05, 0.1) is 18.8 Å². The predicted octanol–water partition coefficient (Wildman–Crippen LogP) is 3.67. The molecule has 0 aliphatic carbocycles. The number of nitrogens with one attached hydrogen (secondary N) is 1. The highest BCUT2D eigenvalue weighted by atomic mass is 35.5. The fraction of sp³-hybridized carbons (Fsp3) is 0.333. The molecule has 0 saturated heterocycles. The van der Waals surface area contributed by atoms with Crippen LogP contribution in [0, 0.1) is 6.92 Å². The molecular formula is C18H22ClN3O2. The monoisotopic (exact) mass is 347 g/mol. The first kappa shape index (κ1) is 18.1. The number of hydrogen-bond donors (Lipinski definition) is 1. The maximum atomic E-state index is 12.2. The predicted molar refractivity (Wildman–Crippen MR) is 96.2 cm³/mol. The van der Waals surface area contributed by atoms with Crippen molar-refractivity contribution in [3.8, 4) is 5.75 Å². The Bertz CT molecular complexity index is 735. The highest BCUT2D eigenvalue weighted by molar-refractivity contribution is 6.31. The molecule has 24 heavy (non-hydrogen) atoms. The molecule has 1 unspecified atom stereocenters. The molecule has 0 aliphatic heterocycles. The number of ether oxygens (including phenoxy) is 1. The topological polar surface area (TPSA) is 56.2 Å². The van der Waals surface area contributed by atoms with Gasteiger partial charge in [-0.25, -0.2) is 0 Å². The zero-order valence-corrected chi connectivity index (χ0v) is 15.1. The van der Waals surface area contributed by atoms with Gasteiger partial charge in [0.2, 0.25) is 5.91 Å². The fourth-order valence-corrected chi connectivity index (χ4v) is 2.71. The summed E-state index contributed by atoms with van der Waals surface area (Å²) in [4.78, 5) is 12.2. The summed E-state index contributed by atoms with van der Waals surface area (Å²) in [5, 5.41) is 7.73. The van der Waals surface area contributed by atoms with Crippen LogP contribution in [0.1, 0.15) is 36.2 Å². The lowest BCUT2D eigenvalue weighted by molar-refractivity contribution is -0.117. The summed E-state index contributed by atoms with van der Waals surface area (Å²) in [6, 6.07) is 7.63. The summed E-state index contributed by atoms with van der Waals surface area (Å²) < 4.78 is 6.74. The zero-order chi connectivity index (χ0) is 17.7. The van der Waals surface area contributed by atoms with Gasteiger partial charge in [0, 0.05) is 18.7 Å². The molecule has 0 spiro atoms. The van der Waals surface area contributed by atoms with Gasteiger partial charge in [0.25, 0.3) is 0 Å². The van der Waals surface area contributed by atoms with E-state index in [4.69, 9.17) is 16.3 Å². The van der Waals surface area contributed by atoms with Gasteiger partial charge in [-0.05, 0) is 37.1 Å². The first-order chi connectivity index (χ1) is 11.5. The van der Waals surface area contributed by atoms with Crippen molar-refractivity contribution < 1.29 is 9.53 Å². The second-order valence-electron chi connectivity index (χ2n) is 5.49. The average molecular weight is 348 g/mol. The Labute approximate surface area is 147 Å². The SMILES string of the molecule is CCC(NC(=O)/C=C/c1c(C)nn(C)c1Cl)c1ccc(OC)cc1. The van der Waals surface area contributed by atoms with Crippen LogP contribution in [0.15, 0.2) is 30.3 Å². The lowest BCUT2D eigenvalue weighted by Crippen LogP contribution is -2.26. The number of aromatic nitrogens is 2. The lowest BCUT2D eigenvalue weighted by Gasteiger charge is -2.16. The molecule has 0 aliphatic rings. The van der Waals surface area contributed by atoms with Gasteiger partial charge >= 0.3 is 0 Å². The van der Waals surface area contributed by atoms with E-state index < -0.39 is 0 Å². The van der Waals surface area contributed by atoms with Gasteiger partial charge in [-0.3, -0.25) is 9.48 Å². The highest BCUT2D eigenvalue weighted by Crippen LogP contribution is 2.21. The van der Waals surface area contributed by atoms with Gasteiger partial charge in [0.15, 0.2) is 0 Å². The number of rotatable bonds is 6. The number of methoxy groups -OCH3 is 1. The number of carbonyl (C=O) groups is 1. The molecular weight excluding hydrogens is 326 g/mol. The van der Waals surface area contributed by atoms with Crippen LogP contribution in [0.4, 0.5) is 0 Å². The van der Waals surface area contributed by atoms with Crippen LogP contribution in [0.3, 0.4) is 0 Å². The number of benzene rings is 1. The normalized spacial score (nSPS) is 12.4. The van der Waals surface area contributed by atoms with Crippen molar-refractivity contribution in [2.45, 2.75) is 26.3 Å². The van der Waals surface area contributed by atoms with Crippen molar-refractivity contribution in [2.75, 3.05) is 7.11 Å². The summed E-state index contributed by atoms with van der Waals surface area (Å²) in [6.45, 7) is 3.89. The number of aryl methyl sites for hydroxylation is 2. The third-order valence-electron chi connectivity index (χ3n) is 3.84.